The second-order valence-electron chi connectivity index (χ2n) is 6.27. The highest BCUT2D eigenvalue weighted by molar-refractivity contribution is 6.05. The first kappa shape index (κ1) is 27.7. The standard InChI is InChI=1S/C14H7F15N2O/c15-8(16,7(32)5(4-30)6-2-1-3-31-6)9(17,18)10(19,20)11(21,22)12(23,24)13(25,26)14(27,28)29/h31H,1-3H2/b6-5-. The number of halogens is 15. The molecule has 0 bridgehead atoms. The van der Waals surface area contributed by atoms with Crippen LogP contribution in [0.3, 0.4) is 0 Å². The molecule has 0 aliphatic carbocycles. The third kappa shape index (κ3) is 3.52. The molecule has 0 aromatic heterocycles. The third-order valence-electron chi connectivity index (χ3n) is 4.20. The van der Waals surface area contributed by atoms with E-state index in [0.29, 0.717) is 6.07 Å². The minimum absolute atomic E-state index is 0.0112. The van der Waals surface area contributed by atoms with E-state index in [1.54, 1.807) is 0 Å². The van der Waals surface area contributed by atoms with Crippen molar-refractivity contribution in [3.63, 3.8) is 0 Å². The summed E-state index contributed by atoms with van der Waals surface area (Å²) in [6, 6.07) is 0.592. The van der Waals surface area contributed by atoms with E-state index in [9.17, 15) is 70.7 Å². The maximum absolute atomic E-state index is 13.8. The van der Waals surface area contributed by atoms with E-state index >= 15 is 0 Å². The molecule has 1 fully saturated rings. The predicted octanol–water partition coefficient (Wildman–Crippen LogP) is 5.09. The molecule has 0 unspecified atom stereocenters. The molecule has 1 rings (SSSR count). The number of nitrogens with one attached hydrogen (secondary N) is 1. The highest BCUT2D eigenvalue weighted by atomic mass is 19.4. The molecular formula is C14H7F15N2O. The van der Waals surface area contributed by atoms with Crippen LogP contribution < -0.4 is 5.32 Å². The molecule has 184 valence electrons. The lowest BCUT2D eigenvalue weighted by atomic mass is 9.88. The number of ketones is 1. The molecule has 0 amide bonds. The summed E-state index contributed by atoms with van der Waals surface area (Å²) in [5.74, 6) is -52.1. The molecule has 0 spiro atoms. The van der Waals surface area contributed by atoms with Crippen molar-refractivity contribution in [2.75, 3.05) is 6.54 Å². The lowest BCUT2D eigenvalue weighted by Crippen LogP contribution is -2.73. The van der Waals surface area contributed by atoms with Crippen LogP contribution in [0.15, 0.2) is 11.3 Å². The minimum atomic E-state index is -8.49. The molecule has 1 N–H and O–H groups in total. The average molecular weight is 504 g/mol. The van der Waals surface area contributed by atoms with E-state index in [0.717, 1.165) is 0 Å². The smallest absolute Gasteiger partial charge is 0.387 e. The van der Waals surface area contributed by atoms with Crippen LogP contribution in [-0.4, -0.2) is 54.0 Å². The lowest BCUT2D eigenvalue weighted by molar-refractivity contribution is -0.449. The van der Waals surface area contributed by atoms with Crippen molar-refractivity contribution in [3.05, 3.63) is 11.3 Å². The fourth-order valence-corrected chi connectivity index (χ4v) is 2.33. The number of carbonyl (C=O) groups excluding carboxylic acids is 1. The Balaban J connectivity index is 3.64. The lowest BCUT2D eigenvalue weighted by Gasteiger charge is -2.41. The Morgan fingerprint density at radius 2 is 1.12 bits per heavy atom. The molecule has 0 radical (unpaired) electrons. The monoisotopic (exact) mass is 504 g/mol. The van der Waals surface area contributed by atoms with Crippen LogP contribution in [-0.2, 0) is 4.79 Å². The van der Waals surface area contributed by atoms with Crippen LogP contribution >= 0.6 is 0 Å². The number of hydrogen-bond acceptors (Lipinski definition) is 3. The summed E-state index contributed by atoms with van der Waals surface area (Å²) in [6.07, 6.45) is -8.20. The van der Waals surface area contributed by atoms with Gasteiger partial charge in [-0.15, -0.1) is 0 Å². The molecular weight excluding hydrogens is 497 g/mol. The summed E-state index contributed by atoms with van der Waals surface area (Å²) in [4.78, 5) is 11.6. The highest BCUT2D eigenvalue weighted by Crippen LogP contribution is 2.62. The van der Waals surface area contributed by atoms with Crippen LogP contribution in [0.1, 0.15) is 12.8 Å². The Kier molecular flexibility index (Phi) is 6.58. The Morgan fingerprint density at radius 3 is 1.47 bits per heavy atom. The van der Waals surface area contributed by atoms with Crippen LogP contribution in [0, 0.1) is 11.3 Å². The van der Waals surface area contributed by atoms with Crippen molar-refractivity contribution in [2.24, 2.45) is 0 Å². The number of carbonyl (C=O) groups is 1. The summed E-state index contributed by atoms with van der Waals surface area (Å²) in [7, 11) is 0. The Hall–Kier alpha value is -2.35. The van der Waals surface area contributed by atoms with Crippen LogP contribution in [0.25, 0.3) is 0 Å². The molecule has 18 heteroatoms. The number of rotatable bonds is 7. The van der Waals surface area contributed by atoms with Crippen molar-refractivity contribution in [1.29, 1.82) is 5.26 Å². The van der Waals surface area contributed by atoms with Gasteiger partial charge in [-0.1, -0.05) is 0 Å². The van der Waals surface area contributed by atoms with E-state index < -0.39 is 65.2 Å². The predicted molar refractivity (Wildman–Crippen MR) is 70.6 cm³/mol. The van der Waals surface area contributed by atoms with E-state index in [4.69, 9.17) is 5.26 Å². The molecule has 1 aliphatic heterocycles. The average Bonchev–Trinajstić information content (AvgIpc) is 3.14. The van der Waals surface area contributed by atoms with Gasteiger partial charge in [-0.3, -0.25) is 4.79 Å². The van der Waals surface area contributed by atoms with Crippen molar-refractivity contribution in [2.45, 2.75) is 54.6 Å². The van der Waals surface area contributed by atoms with E-state index in [-0.39, 0.29) is 13.0 Å². The zero-order chi connectivity index (χ0) is 25.8. The van der Waals surface area contributed by atoms with Crippen LogP contribution in [0.4, 0.5) is 65.9 Å². The molecule has 32 heavy (non-hydrogen) atoms. The van der Waals surface area contributed by atoms with Gasteiger partial charge in [0, 0.05) is 12.2 Å². The fourth-order valence-electron chi connectivity index (χ4n) is 2.33. The molecule has 0 aromatic carbocycles. The maximum atomic E-state index is 13.8. The molecule has 0 saturated carbocycles. The van der Waals surface area contributed by atoms with Gasteiger partial charge in [-0.05, 0) is 12.8 Å². The van der Waals surface area contributed by atoms with Gasteiger partial charge in [-0.2, -0.15) is 71.1 Å². The van der Waals surface area contributed by atoms with Crippen molar-refractivity contribution < 1.29 is 70.7 Å². The number of allylic oxidation sites excluding steroid dienone is 2. The van der Waals surface area contributed by atoms with Crippen molar-refractivity contribution in [3.8, 4) is 6.07 Å². The van der Waals surface area contributed by atoms with Gasteiger partial charge >= 0.3 is 41.7 Å². The van der Waals surface area contributed by atoms with Gasteiger partial charge in [0.15, 0.2) is 0 Å². The SMILES string of the molecule is N#C/C(C(=O)C(F)(F)C(F)(F)C(F)(F)C(F)(F)C(F)(F)C(F)(F)C(F)(F)F)=C1\CCCN1. The van der Waals surface area contributed by atoms with Gasteiger partial charge in [-0.25, -0.2) is 0 Å². The summed E-state index contributed by atoms with van der Waals surface area (Å²) < 4.78 is 197. The summed E-state index contributed by atoms with van der Waals surface area (Å²) >= 11 is 0. The fraction of sp³-hybridized carbons (Fsp3) is 0.714. The summed E-state index contributed by atoms with van der Waals surface area (Å²) in [5.41, 5.74) is -2.84. The van der Waals surface area contributed by atoms with Gasteiger partial charge in [0.25, 0.3) is 5.78 Å². The first-order chi connectivity index (χ1) is 14.0. The van der Waals surface area contributed by atoms with E-state index in [1.807, 2.05) is 5.32 Å². The van der Waals surface area contributed by atoms with E-state index in [2.05, 4.69) is 0 Å². The highest BCUT2D eigenvalue weighted by Gasteiger charge is 2.94. The van der Waals surface area contributed by atoms with Gasteiger partial charge < -0.3 is 5.32 Å². The number of hydrogen-bond donors (Lipinski definition) is 1. The summed E-state index contributed by atoms with van der Waals surface area (Å²) in [6.45, 7) is -0.150. The molecule has 3 nitrogen and oxygen atoms in total. The quantitative estimate of drug-likeness (QED) is 0.299. The Labute approximate surface area is 166 Å². The van der Waals surface area contributed by atoms with Gasteiger partial charge in [0.2, 0.25) is 0 Å². The van der Waals surface area contributed by atoms with Gasteiger partial charge in [0.05, 0.1) is 0 Å². The Morgan fingerprint density at radius 1 is 0.719 bits per heavy atom. The number of Topliss-reactive ketones (excluding diaryl/α,β-unsaturated/α-hetero) is 1. The largest absolute Gasteiger partial charge is 0.460 e. The summed E-state index contributed by atoms with van der Waals surface area (Å²) in [5, 5.41) is 10.7. The Bertz CT molecular complexity index is 826. The topological polar surface area (TPSA) is 52.9 Å². The normalized spacial score (nSPS) is 18.8. The molecule has 1 heterocycles. The van der Waals surface area contributed by atoms with E-state index in [1.165, 1.54) is 0 Å². The first-order valence-electron chi connectivity index (χ1n) is 7.72. The molecule has 0 aromatic rings. The zero-order valence-electron chi connectivity index (χ0n) is 14.6. The van der Waals surface area contributed by atoms with Crippen molar-refractivity contribution in [1.82, 2.24) is 5.32 Å². The van der Waals surface area contributed by atoms with Crippen molar-refractivity contribution >= 4 is 5.78 Å². The molecule has 1 aliphatic rings. The van der Waals surface area contributed by atoms with Crippen LogP contribution in [0.2, 0.25) is 0 Å². The number of nitriles is 1. The first-order valence-corrected chi connectivity index (χ1v) is 7.72. The number of nitrogens with zero attached hydrogens (tertiary/aromatic N) is 1. The second kappa shape index (κ2) is 7.61. The third-order valence-corrected chi connectivity index (χ3v) is 4.20. The maximum Gasteiger partial charge on any atom is 0.460 e. The van der Waals surface area contributed by atoms with Gasteiger partial charge in [0.1, 0.15) is 11.6 Å². The number of alkyl halides is 15. The van der Waals surface area contributed by atoms with Crippen LogP contribution in [0.5, 0.6) is 0 Å². The molecule has 0 atom stereocenters. The second-order valence-corrected chi connectivity index (χ2v) is 6.27. The molecule has 1 saturated heterocycles. The zero-order valence-corrected chi connectivity index (χ0v) is 14.6. The minimum Gasteiger partial charge on any atom is -0.387 e.